The van der Waals surface area contributed by atoms with Crippen molar-refractivity contribution < 1.29 is 27.5 Å². The second-order valence-electron chi connectivity index (χ2n) is 5.66. The molecular formula is C18H22N2O6S. The Bertz CT molecular complexity index is 898. The number of ether oxygens (including phenoxy) is 2. The Balaban J connectivity index is 1.79. The molecule has 0 aliphatic heterocycles. The highest BCUT2D eigenvalue weighted by Gasteiger charge is 2.15. The fourth-order valence-corrected chi connectivity index (χ4v) is 3.33. The van der Waals surface area contributed by atoms with Crippen molar-refractivity contribution in [2.45, 2.75) is 11.3 Å². The van der Waals surface area contributed by atoms with Gasteiger partial charge in [-0.25, -0.2) is 13.1 Å². The molecule has 1 amide bonds. The summed E-state index contributed by atoms with van der Waals surface area (Å²) in [6.07, 6.45) is -0.182. The number of esters is 1. The largest absolute Gasteiger partial charge is 0.456 e. The van der Waals surface area contributed by atoms with Gasteiger partial charge in [-0.2, -0.15) is 0 Å². The van der Waals surface area contributed by atoms with Crippen LogP contribution in [0.15, 0.2) is 47.4 Å². The predicted molar refractivity (Wildman–Crippen MR) is 99.6 cm³/mol. The van der Waals surface area contributed by atoms with Crippen LogP contribution in [-0.2, 0) is 29.1 Å². The Morgan fingerprint density at radius 3 is 2.52 bits per heavy atom. The number of carbonyl (C=O) groups excluding carboxylic acids is 2. The molecule has 2 N–H and O–H groups in total. The molecule has 8 nitrogen and oxygen atoms in total. The number of nitrogens with one attached hydrogen (secondary N) is 2. The van der Waals surface area contributed by atoms with E-state index in [-0.39, 0.29) is 17.9 Å². The summed E-state index contributed by atoms with van der Waals surface area (Å²) in [7, 11) is -2.24. The number of benzene rings is 2. The summed E-state index contributed by atoms with van der Waals surface area (Å²) in [5.74, 6) is -1.12. The first-order valence-corrected chi connectivity index (χ1v) is 9.80. The third-order valence-corrected chi connectivity index (χ3v) is 5.10. The summed E-state index contributed by atoms with van der Waals surface area (Å²) in [4.78, 5) is 23.1. The average molecular weight is 394 g/mol. The Kier molecular flexibility index (Phi) is 7.71. The van der Waals surface area contributed by atoms with Gasteiger partial charge in [-0.15, -0.1) is 0 Å². The van der Waals surface area contributed by atoms with E-state index in [4.69, 9.17) is 9.47 Å². The fraction of sp³-hybridized carbons (Fsp3) is 0.333. The molecule has 0 spiro atoms. The molecule has 0 heterocycles. The number of fused-ring (bicyclic) bond motifs is 1. The van der Waals surface area contributed by atoms with Gasteiger partial charge >= 0.3 is 5.97 Å². The lowest BCUT2D eigenvalue weighted by Crippen LogP contribution is -2.32. The number of methoxy groups -OCH3 is 1. The van der Waals surface area contributed by atoms with Gasteiger partial charge in [0.25, 0.3) is 5.91 Å². The van der Waals surface area contributed by atoms with Crippen LogP contribution in [0.4, 0.5) is 0 Å². The predicted octanol–water partition coefficient (Wildman–Crippen LogP) is 0.814. The van der Waals surface area contributed by atoms with Gasteiger partial charge in [-0.05, 0) is 22.9 Å². The van der Waals surface area contributed by atoms with E-state index in [1.165, 1.54) is 13.2 Å². The molecule has 0 saturated carbocycles. The first-order chi connectivity index (χ1) is 12.9. The normalized spacial score (nSPS) is 11.3. The highest BCUT2D eigenvalue weighted by Crippen LogP contribution is 2.18. The van der Waals surface area contributed by atoms with Crippen LogP contribution in [0, 0.1) is 0 Å². The molecule has 0 aromatic heterocycles. The fourth-order valence-electron chi connectivity index (χ4n) is 2.27. The van der Waals surface area contributed by atoms with Gasteiger partial charge in [0.05, 0.1) is 17.9 Å². The van der Waals surface area contributed by atoms with Gasteiger partial charge < -0.3 is 14.8 Å². The third kappa shape index (κ3) is 6.63. The van der Waals surface area contributed by atoms with Gasteiger partial charge in [-0.1, -0.05) is 30.3 Å². The molecule has 0 atom stereocenters. The third-order valence-electron chi connectivity index (χ3n) is 3.65. The minimum Gasteiger partial charge on any atom is -0.456 e. The Morgan fingerprint density at radius 1 is 1.04 bits per heavy atom. The lowest BCUT2D eigenvalue weighted by molar-refractivity contribution is -0.148. The summed E-state index contributed by atoms with van der Waals surface area (Å²) in [6.45, 7) is 0.133. The molecule has 0 aliphatic carbocycles. The molecule has 146 valence electrons. The molecule has 0 saturated heterocycles. The van der Waals surface area contributed by atoms with Gasteiger partial charge in [-0.3, -0.25) is 9.59 Å². The highest BCUT2D eigenvalue weighted by molar-refractivity contribution is 7.89. The van der Waals surface area contributed by atoms with Crippen molar-refractivity contribution in [2.75, 3.05) is 33.4 Å². The smallest absolute Gasteiger partial charge is 0.307 e. The monoisotopic (exact) mass is 394 g/mol. The zero-order valence-corrected chi connectivity index (χ0v) is 15.8. The SMILES string of the molecule is COCCNC(=O)COC(=O)CCNS(=O)(=O)c1ccc2ccccc2c1. The summed E-state index contributed by atoms with van der Waals surface area (Å²) in [5.41, 5.74) is 0. The minimum atomic E-state index is -3.74. The maximum absolute atomic E-state index is 12.3. The second-order valence-corrected chi connectivity index (χ2v) is 7.43. The quantitative estimate of drug-likeness (QED) is 0.456. The van der Waals surface area contributed by atoms with Gasteiger partial charge in [0.1, 0.15) is 0 Å². The highest BCUT2D eigenvalue weighted by atomic mass is 32.2. The van der Waals surface area contributed by atoms with Crippen molar-refractivity contribution in [3.63, 3.8) is 0 Å². The lowest BCUT2D eigenvalue weighted by atomic mass is 10.1. The van der Waals surface area contributed by atoms with Crippen LogP contribution >= 0.6 is 0 Å². The zero-order chi connectivity index (χ0) is 19.7. The van der Waals surface area contributed by atoms with E-state index in [0.29, 0.717) is 13.2 Å². The van der Waals surface area contributed by atoms with E-state index in [1.54, 1.807) is 12.1 Å². The number of rotatable bonds is 10. The summed E-state index contributed by atoms with van der Waals surface area (Å²) in [6, 6.07) is 12.2. The summed E-state index contributed by atoms with van der Waals surface area (Å²) < 4.78 is 36.6. The van der Waals surface area contributed by atoms with Crippen molar-refractivity contribution in [2.24, 2.45) is 0 Å². The van der Waals surface area contributed by atoms with E-state index in [1.807, 2.05) is 24.3 Å². The van der Waals surface area contributed by atoms with Crippen LogP contribution in [0.3, 0.4) is 0 Å². The van der Waals surface area contributed by atoms with Crippen LogP contribution in [0.5, 0.6) is 0 Å². The summed E-state index contributed by atoms with van der Waals surface area (Å²) >= 11 is 0. The number of amides is 1. The Labute approximate surface area is 157 Å². The minimum absolute atomic E-state index is 0.118. The molecule has 0 unspecified atom stereocenters. The second kappa shape index (κ2) is 10.0. The molecule has 2 rings (SSSR count). The number of hydrogen-bond acceptors (Lipinski definition) is 6. The molecule has 0 fully saturated rings. The van der Waals surface area contributed by atoms with Gasteiger partial charge in [0, 0.05) is 20.2 Å². The zero-order valence-electron chi connectivity index (χ0n) is 14.9. The van der Waals surface area contributed by atoms with Gasteiger partial charge in [0.15, 0.2) is 6.61 Å². The molecular weight excluding hydrogens is 372 g/mol. The molecule has 2 aromatic rings. The van der Waals surface area contributed by atoms with E-state index in [0.717, 1.165) is 10.8 Å². The van der Waals surface area contributed by atoms with Crippen molar-refractivity contribution >= 4 is 32.7 Å². The van der Waals surface area contributed by atoms with E-state index >= 15 is 0 Å². The van der Waals surface area contributed by atoms with E-state index < -0.39 is 28.5 Å². The number of hydrogen-bond donors (Lipinski definition) is 2. The van der Waals surface area contributed by atoms with Crippen LogP contribution in [-0.4, -0.2) is 53.7 Å². The van der Waals surface area contributed by atoms with Crippen molar-refractivity contribution in [1.29, 1.82) is 0 Å². The molecule has 2 aromatic carbocycles. The first-order valence-electron chi connectivity index (χ1n) is 8.32. The molecule has 9 heteroatoms. The van der Waals surface area contributed by atoms with Crippen LogP contribution < -0.4 is 10.0 Å². The number of carbonyl (C=O) groups is 2. The van der Waals surface area contributed by atoms with E-state index in [9.17, 15) is 18.0 Å². The number of sulfonamides is 1. The lowest BCUT2D eigenvalue weighted by Gasteiger charge is -2.08. The molecule has 0 bridgehead atoms. The van der Waals surface area contributed by atoms with Crippen LogP contribution in [0.25, 0.3) is 10.8 Å². The summed E-state index contributed by atoms with van der Waals surface area (Å²) in [5, 5.41) is 4.24. The van der Waals surface area contributed by atoms with Crippen LogP contribution in [0.2, 0.25) is 0 Å². The first kappa shape index (κ1) is 20.8. The topological polar surface area (TPSA) is 111 Å². The van der Waals surface area contributed by atoms with Crippen LogP contribution in [0.1, 0.15) is 6.42 Å². The van der Waals surface area contributed by atoms with Crippen molar-refractivity contribution in [1.82, 2.24) is 10.0 Å². The Hall–Kier alpha value is -2.49. The van der Waals surface area contributed by atoms with E-state index in [2.05, 4.69) is 10.0 Å². The maximum atomic E-state index is 12.3. The molecule has 0 radical (unpaired) electrons. The van der Waals surface area contributed by atoms with Crippen molar-refractivity contribution in [3.05, 3.63) is 42.5 Å². The van der Waals surface area contributed by atoms with Crippen molar-refractivity contribution in [3.8, 4) is 0 Å². The molecule has 27 heavy (non-hydrogen) atoms. The standard InChI is InChI=1S/C18H22N2O6S/c1-25-11-10-19-17(21)13-26-18(22)8-9-20-27(23,24)16-7-6-14-4-2-3-5-15(14)12-16/h2-7,12,20H,8-11,13H2,1H3,(H,19,21). The maximum Gasteiger partial charge on any atom is 0.307 e. The molecule has 0 aliphatic rings. The average Bonchev–Trinajstić information content (AvgIpc) is 2.66. The Morgan fingerprint density at radius 2 is 1.78 bits per heavy atom. The van der Waals surface area contributed by atoms with Gasteiger partial charge in [0.2, 0.25) is 10.0 Å².